The number of esters is 1. The predicted octanol–water partition coefficient (Wildman–Crippen LogP) is 2.76. The van der Waals surface area contributed by atoms with Crippen molar-refractivity contribution in [3.05, 3.63) is 59.4 Å². The fourth-order valence-electron chi connectivity index (χ4n) is 4.21. The number of nitrogens with one attached hydrogen (secondary N) is 1. The van der Waals surface area contributed by atoms with Crippen molar-refractivity contribution in [3.8, 4) is 0 Å². The molecule has 4 rings (SSSR count). The first kappa shape index (κ1) is 24.3. The molecule has 8 nitrogen and oxygen atoms in total. The summed E-state index contributed by atoms with van der Waals surface area (Å²) in [7, 11) is -3.73. The number of hydrogen-bond donors (Lipinski definition) is 1. The standard InChI is InChI=1S/C24H27FN2O6S/c1-17-6-7-20(34(30,31)27-10-12-32-13-11-27)15-21(17)26-22(28)16-33-23(29)24(8-3-9-24)18-4-2-5-19(25)14-18/h2,4-7,14-15H,3,8-13,16H2,1H3,(H,26,28). The number of ether oxygens (including phenoxy) is 2. The minimum absolute atomic E-state index is 0.0619. The Bertz CT molecular complexity index is 1190. The van der Waals surface area contributed by atoms with Gasteiger partial charge in [0.2, 0.25) is 10.0 Å². The average molecular weight is 491 g/mol. The number of sulfonamides is 1. The van der Waals surface area contributed by atoms with Gasteiger partial charge in [0.25, 0.3) is 5.91 Å². The highest BCUT2D eigenvalue weighted by molar-refractivity contribution is 7.89. The monoisotopic (exact) mass is 490 g/mol. The maximum Gasteiger partial charge on any atom is 0.317 e. The van der Waals surface area contributed by atoms with Crippen LogP contribution in [0.3, 0.4) is 0 Å². The van der Waals surface area contributed by atoms with E-state index in [0.717, 1.165) is 6.42 Å². The van der Waals surface area contributed by atoms with Crippen molar-refractivity contribution in [3.63, 3.8) is 0 Å². The van der Waals surface area contributed by atoms with E-state index in [2.05, 4.69) is 5.32 Å². The molecule has 182 valence electrons. The molecule has 1 saturated heterocycles. The number of aryl methyl sites for hydroxylation is 1. The second kappa shape index (κ2) is 9.81. The van der Waals surface area contributed by atoms with E-state index in [9.17, 15) is 22.4 Å². The molecule has 34 heavy (non-hydrogen) atoms. The van der Waals surface area contributed by atoms with Crippen LogP contribution >= 0.6 is 0 Å². The Labute approximate surface area is 198 Å². The van der Waals surface area contributed by atoms with Gasteiger partial charge in [-0.3, -0.25) is 9.59 Å². The van der Waals surface area contributed by atoms with Crippen LogP contribution in [0, 0.1) is 12.7 Å². The molecule has 0 bridgehead atoms. The maximum absolute atomic E-state index is 13.7. The summed E-state index contributed by atoms with van der Waals surface area (Å²) in [4.78, 5) is 25.4. The summed E-state index contributed by atoms with van der Waals surface area (Å²) in [6, 6.07) is 10.4. The van der Waals surface area contributed by atoms with Gasteiger partial charge in [0.15, 0.2) is 6.61 Å². The van der Waals surface area contributed by atoms with Crippen molar-refractivity contribution in [2.24, 2.45) is 0 Å². The SMILES string of the molecule is Cc1ccc(S(=O)(=O)N2CCOCC2)cc1NC(=O)COC(=O)C1(c2cccc(F)c2)CCC1. The Hall–Kier alpha value is -2.82. The largest absolute Gasteiger partial charge is 0.455 e. The summed E-state index contributed by atoms with van der Waals surface area (Å²) in [5.74, 6) is -1.59. The number of benzene rings is 2. The van der Waals surface area contributed by atoms with Gasteiger partial charge in [0.1, 0.15) is 5.82 Å². The van der Waals surface area contributed by atoms with Crippen LogP contribution in [0.25, 0.3) is 0 Å². The van der Waals surface area contributed by atoms with E-state index in [4.69, 9.17) is 9.47 Å². The van der Waals surface area contributed by atoms with Gasteiger partial charge in [-0.25, -0.2) is 12.8 Å². The first-order valence-corrected chi connectivity index (χ1v) is 12.6. The molecule has 10 heteroatoms. The molecule has 0 radical (unpaired) electrons. The van der Waals surface area contributed by atoms with Gasteiger partial charge in [0.05, 0.1) is 23.5 Å². The van der Waals surface area contributed by atoms with Crippen molar-refractivity contribution in [1.29, 1.82) is 0 Å². The normalized spacial score (nSPS) is 18.1. The van der Waals surface area contributed by atoms with Crippen molar-refractivity contribution in [1.82, 2.24) is 4.31 Å². The van der Waals surface area contributed by atoms with E-state index >= 15 is 0 Å². The first-order valence-electron chi connectivity index (χ1n) is 11.1. The number of carbonyl (C=O) groups excluding carboxylic acids is 2. The van der Waals surface area contributed by atoms with Gasteiger partial charge in [0, 0.05) is 18.8 Å². The van der Waals surface area contributed by atoms with E-state index in [-0.39, 0.29) is 18.0 Å². The second-order valence-electron chi connectivity index (χ2n) is 8.56. The van der Waals surface area contributed by atoms with Crippen molar-refractivity contribution >= 4 is 27.6 Å². The molecule has 2 fully saturated rings. The van der Waals surface area contributed by atoms with Crippen LogP contribution in [0.5, 0.6) is 0 Å². The summed E-state index contributed by atoms with van der Waals surface area (Å²) in [5.41, 5.74) is 0.584. The zero-order valence-electron chi connectivity index (χ0n) is 18.9. The lowest BCUT2D eigenvalue weighted by molar-refractivity contribution is -0.156. The van der Waals surface area contributed by atoms with Crippen LogP contribution in [0.2, 0.25) is 0 Å². The molecule has 1 heterocycles. The van der Waals surface area contributed by atoms with Gasteiger partial charge >= 0.3 is 5.97 Å². The van der Waals surface area contributed by atoms with Gasteiger partial charge in [-0.2, -0.15) is 4.31 Å². The number of morpholine rings is 1. The van der Waals surface area contributed by atoms with E-state index < -0.39 is 39.7 Å². The molecule has 2 aromatic rings. The summed E-state index contributed by atoms with van der Waals surface area (Å²) in [6.45, 7) is 2.39. The Kier molecular flexibility index (Phi) is 7.01. The fraction of sp³-hybridized carbons (Fsp3) is 0.417. The van der Waals surface area contributed by atoms with E-state index in [1.54, 1.807) is 25.1 Å². The van der Waals surface area contributed by atoms with Crippen LogP contribution in [0.4, 0.5) is 10.1 Å². The Balaban J connectivity index is 1.42. The van der Waals surface area contributed by atoms with Crippen LogP contribution < -0.4 is 5.32 Å². The summed E-state index contributed by atoms with van der Waals surface area (Å²) < 4.78 is 51.4. The number of rotatable bonds is 7. The molecule has 0 spiro atoms. The molecular weight excluding hydrogens is 463 g/mol. The van der Waals surface area contributed by atoms with Gasteiger partial charge in [-0.15, -0.1) is 0 Å². The van der Waals surface area contributed by atoms with E-state index in [0.29, 0.717) is 42.9 Å². The van der Waals surface area contributed by atoms with Crippen molar-refractivity contribution < 1.29 is 31.9 Å². The van der Waals surface area contributed by atoms with Gasteiger partial charge in [-0.1, -0.05) is 24.6 Å². The maximum atomic E-state index is 13.7. The molecule has 0 unspecified atom stereocenters. The molecule has 1 N–H and O–H groups in total. The lowest BCUT2D eigenvalue weighted by Gasteiger charge is -2.39. The van der Waals surface area contributed by atoms with Gasteiger partial charge in [-0.05, 0) is 55.2 Å². The molecule has 2 aliphatic rings. The summed E-state index contributed by atoms with van der Waals surface area (Å²) in [5, 5.41) is 2.63. The minimum atomic E-state index is -3.73. The third-order valence-electron chi connectivity index (χ3n) is 6.40. The molecule has 1 aliphatic heterocycles. The van der Waals surface area contributed by atoms with E-state index in [1.165, 1.54) is 28.6 Å². The zero-order chi connectivity index (χ0) is 24.3. The van der Waals surface area contributed by atoms with Crippen molar-refractivity contribution in [2.45, 2.75) is 36.5 Å². The Morgan fingerprint density at radius 2 is 1.88 bits per heavy atom. The lowest BCUT2D eigenvalue weighted by atomic mass is 9.64. The predicted molar refractivity (Wildman–Crippen MR) is 122 cm³/mol. The smallest absolute Gasteiger partial charge is 0.317 e. The summed E-state index contributed by atoms with van der Waals surface area (Å²) in [6.07, 6.45) is 1.86. The number of halogens is 1. The highest BCUT2D eigenvalue weighted by Gasteiger charge is 2.47. The Morgan fingerprint density at radius 1 is 1.15 bits per heavy atom. The number of amides is 1. The van der Waals surface area contributed by atoms with Crippen LogP contribution in [0.1, 0.15) is 30.4 Å². The molecule has 1 amide bonds. The quantitative estimate of drug-likeness (QED) is 0.599. The molecule has 2 aromatic carbocycles. The molecule has 0 atom stereocenters. The highest BCUT2D eigenvalue weighted by atomic mass is 32.2. The first-order chi connectivity index (χ1) is 16.2. The van der Waals surface area contributed by atoms with E-state index in [1.807, 2.05) is 0 Å². The molecular formula is C24H27FN2O6S. The van der Waals surface area contributed by atoms with Crippen molar-refractivity contribution in [2.75, 3.05) is 38.2 Å². The van der Waals surface area contributed by atoms with Gasteiger partial charge < -0.3 is 14.8 Å². The van der Waals surface area contributed by atoms with Crippen LogP contribution in [-0.2, 0) is 34.5 Å². The fourth-order valence-corrected chi connectivity index (χ4v) is 5.65. The summed E-state index contributed by atoms with van der Waals surface area (Å²) >= 11 is 0. The number of carbonyl (C=O) groups is 2. The van der Waals surface area contributed by atoms with Crippen LogP contribution in [0.15, 0.2) is 47.4 Å². The molecule has 1 saturated carbocycles. The third-order valence-corrected chi connectivity index (χ3v) is 8.29. The second-order valence-corrected chi connectivity index (χ2v) is 10.5. The highest BCUT2D eigenvalue weighted by Crippen LogP contribution is 2.45. The number of hydrogen-bond acceptors (Lipinski definition) is 6. The lowest BCUT2D eigenvalue weighted by Crippen LogP contribution is -2.44. The Morgan fingerprint density at radius 3 is 2.53 bits per heavy atom. The molecule has 1 aliphatic carbocycles. The number of nitrogens with zero attached hydrogens (tertiary/aromatic N) is 1. The van der Waals surface area contributed by atoms with Crippen LogP contribution in [-0.4, -0.2) is 57.5 Å². The third kappa shape index (κ3) is 4.84. The topological polar surface area (TPSA) is 102 Å². The average Bonchev–Trinajstić information content (AvgIpc) is 2.79. The number of anilines is 1. The minimum Gasteiger partial charge on any atom is -0.455 e. The molecule has 0 aromatic heterocycles. The zero-order valence-corrected chi connectivity index (χ0v) is 19.7.